The first kappa shape index (κ1) is 14.0. The summed E-state index contributed by atoms with van der Waals surface area (Å²) in [5.74, 6) is -0.00782. The SMILES string of the molecule is CC(C(=O)Nc1ccccc1)N(CCO)C1CCC1. The second kappa shape index (κ2) is 6.68. The van der Waals surface area contributed by atoms with Crippen molar-refractivity contribution in [1.82, 2.24) is 4.90 Å². The molecule has 0 bridgehead atoms. The van der Waals surface area contributed by atoms with Gasteiger partial charge in [-0.15, -0.1) is 0 Å². The van der Waals surface area contributed by atoms with Crippen molar-refractivity contribution >= 4 is 11.6 Å². The van der Waals surface area contributed by atoms with E-state index in [-0.39, 0.29) is 18.6 Å². The maximum absolute atomic E-state index is 12.2. The number of benzene rings is 1. The van der Waals surface area contributed by atoms with E-state index in [0.29, 0.717) is 12.6 Å². The summed E-state index contributed by atoms with van der Waals surface area (Å²) in [5, 5.41) is 12.1. The van der Waals surface area contributed by atoms with Crippen molar-refractivity contribution in [1.29, 1.82) is 0 Å². The number of hydrogen-bond donors (Lipinski definition) is 2. The normalized spacial score (nSPS) is 17.0. The van der Waals surface area contributed by atoms with Gasteiger partial charge in [-0.2, -0.15) is 0 Å². The molecule has 1 aliphatic carbocycles. The molecule has 0 spiro atoms. The Hall–Kier alpha value is -1.39. The van der Waals surface area contributed by atoms with Crippen LogP contribution in [0.1, 0.15) is 26.2 Å². The van der Waals surface area contributed by atoms with Gasteiger partial charge in [0.25, 0.3) is 0 Å². The van der Waals surface area contributed by atoms with Crippen molar-refractivity contribution in [2.75, 3.05) is 18.5 Å². The Morgan fingerprint density at radius 3 is 2.63 bits per heavy atom. The molecule has 1 amide bonds. The molecule has 1 aromatic carbocycles. The van der Waals surface area contributed by atoms with Crippen molar-refractivity contribution in [2.45, 2.75) is 38.3 Å². The second-order valence-electron chi connectivity index (χ2n) is 5.08. The minimum absolute atomic E-state index is 0.00782. The van der Waals surface area contributed by atoms with Gasteiger partial charge in [0.1, 0.15) is 0 Å². The third-order valence-corrected chi connectivity index (χ3v) is 3.82. The van der Waals surface area contributed by atoms with E-state index in [2.05, 4.69) is 10.2 Å². The highest BCUT2D eigenvalue weighted by molar-refractivity contribution is 5.94. The third-order valence-electron chi connectivity index (χ3n) is 3.82. The number of amides is 1. The lowest BCUT2D eigenvalue weighted by Crippen LogP contribution is -2.51. The molecular weight excluding hydrogens is 240 g/mol. The molecule has 1 fully saturated rings. The summed E-state index contributed by atoms with van der Waals surface area (Å²) in [7, 11) is 0. The number of aliphatic hydroxyl groups excluding tert-OH is 1. The van der Waals surface area contributed by atoms with Crippen molar-refractivity contribution in [3.05, 3.63) is 30.3 Å². The van der Waals surface area contributed by atoms with Crippen LogP contribution in [0.3, 0.4) is 0 Å². The fraction of sp³-hybridized carbons (Fsp3) is 0.533. The van der Waals surface area contributed by atoms with Gasteiger partial charge in [0.15, 0.2) is 0 Å². The highest BCUT2D eigenvalue weighted by Crippen LogP contribution is 2.26. The number of hydrogen-bond acceptors (Lipinski definition) is 3. The Morgan fingerprint density at radius 2 is 2.11 bits per heavy atom. The Kier molecular flexibility index (Phi) is 4.93. The summed E-state index contributed by atoms with van der Waals surface area (Å²) in [5.41, 5.74) is 0.817. The van der Waals surface area contributed by atoms with Crippen LogP contribution in [0.4, 0.5) is 5.69 Å². The smallest absolute Gasteiger partial charge is 0.241 e. The van der Waals surface area contributed by atoms with Crippen molar-refractivity contribution in [2.24, 2.45) is 0 Å². The van der Waals surface area contributed by atoms with Crippen LogP contribution in [-0.4, -0.2) is 41.1 Å². The zero-order chi connectivity index (χ0) is 13.7. The van der Waals surface area contributed by atoms with Gasteiger partial charge in [-0.05, 0) is 31.9 Å². The van der Waals surface area contributed by atoms with Crippen LogP contribution in [0.5, 0.6) is 0 Å². The van der Waals surface area contributed by atoms with Crippen LogP contribution < -0.4 is 5.32 Å². The minimum atomic E-state index is -0.211. The lowest BCUT2D eigenvalue weighted by Gasteiger charge is -2.40. The van der Waals surface area contributed by atoms with Crippen molar-refractivity contribution < 1.29 is 9.90 Å². The Balaban J connectivity index is 1.96. The fourth-order valence-electron chi connectivity index (χ4n) is 2.45. The molecule has 0 aliphatic heterocycles. The summed E-state index contributed by atoms with van der Waals surface area (Å²) >= 11 is 0. The highest BCUT2D eigenvalue weighted by Gasteiger charge is 2.31. The maximum atomic E-state index is 12.2. The average molecular weight is 262 g/mol. The van der Waals surface area contributed by atoms with Gasteiger partial charge in [0.2, 0.25) is 5.91 Å². The summed E-state index contributed by atoms with van der Waals surface area (Å²) in [6.45, 7) is 2.57. The van der Waals surface area contributed by atoms with Crippen LogP contribution in [0, 0.1) is 0 Å². The largest absolute Gasteiger partial charge is 0.395 e. The first-order chi connectivity index (χ1) is 9.22. The van der Waals surface area contributed by atoms with E-state index in [1.807, 2.05) is 37.3 Å². The molecule has 4 nitrogen and oxygen atoms in total. The van der Waals surface area contributed by atoms with E-state index in [9.17, 15) is 4.79 Å². The van der Waals surface area contributed by atoms with Gasteiger partial charge in [0, 0.05) is 18.3 Å². The lowest BCUT2D eigenvalue weighted by atomic mass is 9.90. The Labute approximate surface area is 114 Å². The zero-order valence-electron chi connectivity index (χ0n) is 11.4. The van der Waals surface area contributed by atoms with Crippen LogP contribution in [0.15, 0.2) is 30.3 Å². The Morgan fingerprint density at radius 1 is 1.42 bits per heavy atom. The Bertz CT molecular complexity index is 404. The molecule has 1 unspecified atom stereocenters. The summed E-state index contributed by atoms with van der Waals surface area (Å²) < 4.78 is 0. The molecule has 2 rings (SSSR count). The molecule has 1 aromatic rings. The summed E-state index contributed by atoms with van der Waals surface area (Å²) in [6, 6.07) is 9.72. The number of anilines is 1. The number of nitrogens with one attached hydrogen (secondary N) is 1. The molecule has 0 radical (unpaired) electrons. The summed E-state index contributed by atoms with van der Waals surface area (Å²) in [6.07, 6.45) is 3.48. The topological polar surface area (TPSA) is 52.6 Å². The van der Waals surface area contributed by atoms with Crippen LogP contribution in [0.2, 0.25) is 0 Å². The zero-order valence-corrected chi connectivity index (χ0v) is 11.4. The number of nitrogens with zero attached hydrogens (tertiary/aromatic N) is 1. The molecule has 1 atom stereocenters. The molecule has 0 saturated heterocycles. The predicted molar refractivity (Wildman–Crippen MR) is 76.0 cm³/mol. The molecule has 1 aliphatic rings. The summed E-state index contributed by atoms with van der Waals surface area (Å²) in [4.78, 5) is 14.4. The third kappa shape index (κ3) is 3.55. The number of carbonyl (C=O) groups excluding carboxylic acids is 1. The highest BCUT2D eigenvalue weighted by atomic mass is 16.3. The average Bonchev–Trinajstić information content (AvgIpc) is 2.36. The number of aliphatic hydroxyl groups is 1. The fourth-order valence-corrected chi connectivity index (χ4v) is 2.45. The van der Waals surface area contributed by atoms with Gasteiger partial charge in [0.05, 0.1) is 12.6 Å². The van der Waals surface area contributed by atoms with E-state index in [4.69, 9.17) is 5.11 Å². The number of carbonyl (C=O) groups is 1. The van der Waals surface area contributed by atoms with Gasteiger partial charge >= 0.3 is 0 Å². The van der Waals surface area contributed by atoms with Gasteiger partial charge in [-0.3, -0.25) is 9.69 Å². The van der Waals surface area contributed by atoms with E-state index in [1.165, 1.54) is 6.42 Å². The molecule has 19 heavy (non-hydrogen) atoms. The van der Waals surface area contributed by atoms with Crippen LogP contribution in [0.25, 0.3) is 0 Å². The van der Waals surface area contributed by atoms with Gasteiger partial charge in [-0.1, -0.05) is 24.6 Å². The molecule has 1 saturated carbocycles. The van der Waals surface area contributed by atoms with E-state index in [1.54, 1.807) is 0 Å². The maximum Gasteiger partial charge on any atom is 0.241 e. The van der Waals surface area contributed by atoms with E-state index in [0.717, 1.165) is 18.5 Å². The standard InChI is InChI=1S/C15H22N2O2/c1-12(17(10-11-18)14-8-5-9-14)15(19)16-13-6-3-2-4-7-13/h2-4,6-7,12,14,18H,5,8-11H2,1H3,(H,16,19). The van der Waals surface area contributed by atoms with Crippen molar-refractivity contribution in [3.8, 4) is 0 Å². The van der Waals surface area contributed by atoms with Crippen LogP contribution >= 0.6 is 0 Å². The first-order valence-electron chi connectivity index (χ1n) is 6.95. The monoisotopic (exact) mass is 262 g/mol. The molecule has 104 valence electrons. The molecule has 0 heterocycles. The number of para-hydroxylation sites is 1. The predicted octanol–water partition coefficient (Wildman–Crippen LogP) is 1.86. The molecular formula is C15H22N2O2. The number of rotatable bonds is 6. The van der Waals surface area contributed by atoms with E-state index >= 15 is 0 Å². The van der Waals surface area contributed by atoms with Gasteiger partial charge < -0.3 is 10.4 Å². The van der Waals surface area contributed by atoms with E-state index < -0.39 is 0 Å². The molecule has 4 heteroatoms. The minimum Gasteiger partial charge on any atom is -0.395 e. The van der Waals surface area contributed by atoms with Crippen LogP contribution in [-0.2, 0) is 4.79 Å². The second-order valence-corrected chi connectivity index (χ2v) is 5.08. The lowest BCUT2D eigenvalue weighted by molar-refractivity contribution is -0.122. The molecule has 2 N–H and O–H groups in total. The van der Waals surface area contributed by atoms with Gasteiger partial charge in [-0.25, -0.2) is 0 Å². The quantitative estimate of drug-likeness (QED) is 0.823. The van der Waals surface area contributed by atoms with Crippen molar-refractivity contribution in [3.63, 3.8) is 0 Å². The molecule has 0 aromatic heterocycles. The first-order valence-corrected chi connectivity index (χ1v) is 6.95.